The summed E-state index contributed by atoms with van der Waals surface area (Å²) in [5.74, 6) is 0.111. The summed E-state index contributed by atoms with van der Waals surface area (Å²) in [6.45, 7) is 1.21. The van der Waals surface area contributed by atoms with E-state index in [1.54, 1.807) is 6.07 Å². The van der Waals surface area contributed by atoms with E-state index in [0.717, 1.165) is 22.7 Å². The van der Waals surface area contributed by atoms with Gasteiger partial charge in [0.2, 0.25) is 5.91 Å². The number of hydrogen-bond donors (Lipinski definition) is 2. The first kappa shape index (κ1) is 12.3. The Morgan fingerprint density at radius 3 is 3.05 bits per heavy atom. The SMILES string of the molecule is O=C(NCCNc1nc2cc(F)ccc2s1)C1CC1. The number of benzene rings is 1. The summed E-state index contributed by atoms with van der Waals surface area (Å²) in [6, 6.07) is 4.58. The molecule has 3 rings (SSSR count). The van der Waals surface area contributed by atoms with Crippen molar-refractivity contribution < 1.29 is 9.18 Å². The summed E-state index contributed by atoms with van der Waals surface area (Å²) in [5, 5.41) is 6.76. The van der Waals surface area contributed by atoms with E-state index < -0.39 is 0 Å². The first-order valence-corrected chi connectivity index (χ1v) is 7.12. The predicted molar refractivity (Wildman–Crippen MR) is 73.8 cm³/mol. The lowest BCUT2D eigenvalue weighted by Crippen LogP contribution is -2.29. The molecule has 6 heteroatoms. The van der Waals surface area contributed by atoms with Gasteiger partial charge in [0, 0.05) is 25.1 Å². The number of aromatic nitrogens is 1. The van der Waals surface area contributed by atoms with Gasteiger partial charge in [-0.1, -0.05) is 11.3 Å². The Hall–Kier alpha value is -1.69. The number of anilines is 1. The molecule has 2 aromatic rings. The van der Waals surface area contributed by atoms with Gasteiger partial charge in [-0.15, -0.1) is 0 Å². The molecule has 19 heavy (non-hydrogen) atoms. The Balaban J connectivity index is 1.52. The molecule has 1 amide bonds. The van der Waals surface area contributed by atoms with E-state index in [9.17, 15) is 9.18 Å². The second kappa shape index (κ2) is 5.13. The van der Waals surface area contributed by atoms with Crippen molar-refractivity contribution in [1.82, 2.24) is 10.3 Å². The van der Waals surface area contributed by atoms with Gasteiger partial charge in [-0.3, -0.25) is 4.79 Å². The second-order valence-electron chi connectivity index (χ2n) is 4.62. The molecular formula is C13H14FN3OS. The summed E-state index contributed by atoms with van der Waals surface area (Å²) in [6.07, 6.45) is 2.03. The van der Waals surface area contributed by atoms with Crippen LogP contribution in [0, 0.1) is 11.7 Å². The van der Waals surface area contributed by atoms with Gasteiger partial charge in [0.1, 0.15) is 5.82 Å². The predicted octanol–water partition coefficient (Wildman–Crippen LogP) is 2.37. The number of amides is 1. The highest BCUT2D eigenvalue weighted by Gasteiger charge is 2.28. The minimum atomic E-state index is -0.277. The van der Waals surface area contributed by atoms with Gasteiger partial charge in [-0.2, -0.15) is 0 Å². The molecule has 1 aromatic heterocycles. The number of hydrogen-bond acceptors (Lipinski definition) is 4. The van der Waals surface area contributed by atoms with Gasteiger partial charge in [-0.25, -0.2) is 9.37 Å². The molecule has 1 fully saturated rings. The van der Waals surface area contributed by atoms with Crippen molar-refractivity contribution in [2.24, 2.45) is 5.92 Å². The Morgan fingerprint density at radius 2 is 2.26 bits per heavy atom. The standard InChI is InChI=1S/C13H14FN3OS/c14-9-3-4-11-10(7-9)17-13(19-11)16-6-5-15-12(18)8-1-2-8/h3-4,7-8H,1-2,5-6H2,(H,15,18)(H,16,17). The molecule has 0 saturated heterocycles. The van der Waals surface area contributed by atoms with E-state index in [1.165, 1.54) is 23.5 Å². The van der Waals surface area contributed by atoms with Gasteiger partial charge in [0.05, 0.1) is 10.2 Å². The fraction of sp³-hybridized carbons (Fsp3) is 0.385. The maximum absolute atomic E-state index is 13.0. The number of nitrogens with zero attached hydrogens (tertiary/aromatic N) is 1. The van der Waals surface area contributed by atoms with Crippen LogP contribution in [0.2, 0.25) is 0 Å². The lowest BCUT2D eigenvalue weighted by atomic mass is 10.3. The van der Waals surface area contributed by atoms with Crippen LogP contribution in [-0.4, -0.2) is 24.0 Å². The molecule has 0 unspecified atom stereocenters. The summed E-state index contributed by atoms with van der Waals surface area (Å²) in [5.41, 5.74) is 0.662. The van der Waals surface area contributed by atoms with E-state index in [-0.39, 0.29) is 17.6 Å². The van der Waals surface area contributed by atoms with E-state index in [1.807, 2.05) is 0 Å². The van der Waals surface area contributed by atoms with Crippen molar-refractivity contribution >= 4 is 32.6 Å². The molecule has 1 heterocycles. The van der Waals surface area contributed by atoms with E-state index in [4.69, 9.17) is 0 Å². The Kier molecular flexibility index (Phi) is 3.33. The summed E-state index contributed by atoms with van der Waals surface area (Å²) < 4.78 is 14.0. The largest absolute Gasteiger partial charge is 0.360 e. The number of halogens is 1. The summed E-state index contributed by atoms with van der Waals surface area (Å²) in [7, 11) is 0. The fourth-order valence-electron chi connectivity index (χ4n) is 1.82. The molecule has 0 bridgehead atoms. The molecule has 0 radical (unpaired) electrons. The zero-order valence-corrected chi connectivity index (χ0v) is 11.1. The maximum Gasteiger partial charge on any atom is 0.223 e. The number of fused-ring (bicyclic) bond motifs is 1. The highest BCUT2D eigenvalue weighted by molar-refractivity contribution is 7.22. The third-order valence-corrected chi connectivity index (χ3v) is 3.99. The van der Waals surface area contributed by atoms with Crippen molar-refractivity contribution in [1.29, 1.82) is 0 Å². The summed E-state index contributed by atoms with van der Waals surface area (Å²) in [4.78, 5) is 15.7. The fourth-order valence-corrected chi connectivity index (χ4v) is 2.69. The lowest BCUT2D eigenvalue weighted by Gasteiger charge is -2.04. The highest BCUT2D eigenvalue weighted by Crippen LogP contribution is 2.28. The van der Waals surface area contributed by atoms with Gasteiger partial charge >= 0.3 is 0 Å². The number of nitrogens with one attached hydrogen (secondary N) is 2. The van der Waals surface area contributed by atoms with Gasteiger partial charge in [-0.05, 0) is 25.0 Å². The molecule has 1 saturated carbocycles. The van der Waals surface area contributed by atoms with Crippen LogP contribution in [0.25, 0.3) is 10.2 Å². The van der Waals surface area contributed by atoms with Crippen molar-refractivity contribution in [3.8, 4) is 0 Å². The number of carbonyl (C=O) groups is 1. The van der Waals surface area contributed by atoms with Crippen molar-refractivity contribution in [2.45, 2.75) is 12.8 Å². The Bertz CT molecular complexity index is 609. The normalized spacial score (nSPS) is 14.6. The molecule has 100 valence electrons. The van der Waals surface area contributed by atoms with Crippen molar-refractivity contribution in [3.63, 3.8) is 0 Å². The minimum absolute atomic E-state index is 0.146. The highest BCUT2D eigenvalue weighted by atomic mass is 32.1. The summed E-state index contributed by atoms with van der Waals surface area (Å²) >= 11 is 1.48. The smallest absolute Gasteiger partial charge is 0.223 e. The van der Waals surface area contributed by atoms with Crippen LogP contribution in [0.15, 0.2) is 18.2 Å². The first-order valence-electron chi connectivity index (χ1n) is 6.30. The minimum Gasteiger partial charge on any atom is -0.360 e. The number of rotatable bonds is 5. The lowest BCUT2D eigenvalue weighted by molar-refractivity contribution is -0.122. The van der Waals surface area contributed by atoms with Gasteiger partial charge < -0.3 is 10.6 Å². The average Bonchev–Trinajstić information content (AvgIpc) is 3.16. The molecular weight excluding hydrogens is 265 g/mol. The van der Waals surface area contributed by atoms with E-state index in [0.29, 0.717) is 18.6 Å². The monoisotopic (exact) mass is 279 g/mol. The number of thiazole rings is 1. The molecule has 0 atom stereocenters. The van der Waals surface area contributed by atoms with Crippen LogP contribution < -0.4 is 10.6 Å². The molecule has 0 spiro atoms. The molecule has 0 aliphatic heterocycles. The topological polar surface area (TPSA) is 54.0 Å². The Morgan fingerprint density at radius 1 is 1.42 bits per heavy atom. The Labute approximate surface area is 114 Å². The quantitative estimate of drug-likeness (QED) is 0.826. The van der Waals surface area contributed by atoms with E-state index in [2.05, 4.69) is 15.6 Å². The molecule has 1 aromatic carbocycles. The molecule has 2 N–H and O–H groups in total. The second-order valence-corrected chi connectivity index (χ2v) is 5.65. The van der Waals surface area contributed by atoms with Crippen molar-refractivity contribution in [2.75, 3.05) is 18.4 Å². The van der Waals surface area contributed by atoms with Crippen LogP contribution in [0.4, 0.5) is 9.52 Å². The number of carbonyl (C=O) groups excluding carboxylic acids is 1. The van der Waals surface area contributed by atoms with E-state index >= 15 is 0 Å². The van der Waals surface area contributed by atoms with Gasteiger partial charge in [0.15, 0.2) is 5.13 Å². The maximum atomic E-state index is 13.0. The van der Waals surface area contributed by atoms with Crippen LogP contribution >= 0.6 is 11.3 Å². The third kappa shape index (κ3) is 3.01. The third-order valence-electron chi connectivity index (χ3n) is 3.00. The van der Waals surface area contributed by atoms with Crippen LogP contribution in [0.5, 0.6) is 0 Å². The molecule has 1 aliphatic rings. The molecule has 4 nitrogen and oxygen atoms in total. The zero-order valence-electron chi connectivity index (χ0n) is 10.3. The van der Waals surface area contributed by atoms with Gasteiger partial charge in [0.25, 0.3) is 0 Å². The average molecular weight is 279 g/mol. The van der Waals surface area contributed by atoms with Crippen LogP contribution in [0.1, 0.15) is 12.8 Å². The van der Waals surface area contributed by atoms with Crippen LogP contribution in [0.3, 0.4) is 0 Å². The zero-order chi connectivity index (χ0) is 13.2. The van der Waals surface area contributed by atoms with Crippen molar-refractivity contribution in [3.05, 3.63) is 24.0 Å². The molecule has 1 aliphatic carbocycles. The first-order chi connectivity index (χ1) is 9.22. The van der Waals surface area contributed by atoms with Crippen LogP contribution in [-0.2, 0) is 4.79 Å².